The molecule has 3 rings (SSSR count). The van der Waals surface area contributed by atoms with E-state index in [4.69, 9.17) is 25.8 Å². The summed E-state index contributed by atoms with van der Waals surface area (Å²) >= 11 is 13.0. The minimum atomic E-state index is -0.141. The van der Waals surface area contributed by atoms with Crippen molar-refractivity contribution in [3.05, 3.63) is 26.6 Å². The number of hydrogen-bond donors (Lipinski definition) is 0. The van der Waals surface area contributed by atoms with Crippen molar-refractivity contribution < 1.29 is 14.2 Å². The second-order valence-corrected chi connectivity index (χ2v) is 7.56. The van der Waals surface area contributed by atoms with E-state index in [1.807, 2.05) is 12.1 Å². The lowest BCUT2D eigenvalue weighted by molar-refractivity contribution is -0.112. The molecular weight excluding hydrogens is 423 g/mol. The third-order valence-corrected chi connectivity index (χ3v) is 5.50. The molecule has 2 aliphatic rings. The number of hydrogen-bond acceptors (Lipinski definition) is 3. The van der Waals surface area contributed by atoms with Crippen molar-refractivity contribution in [3.8, 4) is 5.75 Å². The molecule has 2 saturated heterocycles. The van der Waals surface area contributed by atoms with E-state index in [9.17, 15) is 0 Å². The van der Waals surface area contributed by atoms with Gasteiger partial charge in [-0.3, -0.25) is 0 Å². The normalized spacial score (nSPS) is 29.0. The molecule has 2 aliphatic heterocycles. The fourth-order valence-electron chi connectivity index (χ4n) is 2.92. The smallest absolute Gasteiger partial charge is 0.148 e. The van der Waals surface area contributed by atoms with E-state index in [-0.39, 0.29) is 11.7 Å². The number of alkyl halides is 1. The van der Waals surface area contributed by atoms with E-state index in [0.29, 0.717) is 12.5 Å². The van der Waals surface area contributed by atoms with Crippen LogP contribution in [0.15, 0.2) is 21.1 Å². The molecular formula is C15H17Br2ClO3. The van der Waals surface area contributed by atoms with Crippen LogP contribution in [0.5, 0.6) is 5.75 Å². The van der Waals surface area contributed by atoms with Gasteiger partial charge >= 0.3 is 0 Å². The molecule has 1 aromatic rings. The van der Waals surface area contributed by atoms with Crippen LogP contribution in [0, 0.1) is 0 Å². The lowest BCUT2D eigenvalue weighted by Crippen LogP contribution is -2.44. The SMILES string of the molecule is ClCc1cc(Br)c(OC2CCOC3(CCOC3)C2)c(Br)c1. The first kappa shape index (κ1) is 16.1. The minimum Gasteiger partial charge on any atom is -0.488 e. The standard InChI is InChI=1S/C15H17Br2ClO3/c16-12-5-10(8-18)6-13(17)14(12)21-11-1-3-20-15(7-11)2-4-19-9-15/h5-6,11H,1-4,7-9H2. The van der Waals surface area contributed by atoms with Gasteiger partial charge in [0.15, 0.2) is 0 Å². The van der Waals surface area contributed by atoms with E-state index in [2.05, 4.69) is 31.9 Å². The Labute approximate surface area is 146 Å². The number of ether oxygens (including phenoxy) is 3. The fourth-order valence-corrected chi connectivity index (χ4v) is 4.54. The maximum absolute atomic E-state index is 6.23. The second kappa shape index (κ2) is 6.75. The third-order valence-electron chi connectivity index (χ3n) is 4.01. The Morgan fingerprint density at radius 2 is 2.05 bits per heavy atom. The van der Waals surface area contributed by atoms with Crippen molar-refractivity contribution >= 4 is 43.5 Å². The topological polar surface area (TPSA) is 27.7 Å². The Bertz CT molecular complexity index is 495. The van der Waals surface area contributed by atoms with Crippen molar-refractivity contribution in [1.82, 2.24) is 0 Å². The number of benzene rings is 1. The molecule has 2 unspecified atom stereocenters. The zero-order chi connectivity index (χ0) is 14.9. The molecule has 0 bridgehead atoms. The van der Waals surface area contributed by atoms with Gasteiger partial charge in [0.05, 0.1) is 27.8 Å². The first-order valence-corrected chi connectivity index (χ1v) is 9.16. The highest BCUT2D eigenvalue weighted by Crippen LogP contribution is 2.39. The fraction of sp³-hybridized carbons (Fsp3) is 0.600. The van der Waals surface area contributed by atoms with Gasteiger partial charge in [0, 0.05) is 31.7 Å². The van der Waals surface area contributed by atoms with E-state index >= 15 is 0 Å². The minimum absolute atomic E-state index is 0.141. The van der Waals surface area contributed by atoms with Crippen LogP contribution in [0.1, 0.15) is 24.8 Å². The van der Waals surface area contributed by atoms with Gasteiger partial charge in [-0.15, -0.1) is 11.6 Å². The van der Waals surface area contributed by atoms with Crippen molar-refractivity contribution in [2.75, 3.05) is 19.8 Å². The zero-order valence-electron chi connectivity index (χ0n) is 11.5. The van der Waals surface area contributed by atoms with Gasteiger partial charge in [-0.05, 0) is 49.6 Å². The van der Waals surface area contributed by atoms with Crippen molar-refractivity contribution in [2.45, 2.75) is 36.8 Å². The van der Waals surface area contributed by atoms with Gasteiger partial charge in [-0.2, -0.15) is 0 Å². The summed E-state index contributed by atoms with van der Waals surface area (Å²) in [6, 6.07) is 4.00. The highest BCUT2D eigenvalue weighted by atomic mass is 79.9. The summed E-state index contributed by atoms with van der Waals surface area (Å²) in [6.07, 6.45) is 2.89. The Morgan fingerprint density at radius 1 is 1.29 bits per heavy atom. The molecule has 0 radical (unpaired) electrons. The molecule has 0 aliphatic carbocycles. The van der Waals surface area contributed by atoms with Crippen LogP contribution in [0.25, 0.3) is 0 Å². The summed E-state index contributed by atoms with van der Waals surface area (Å²) in [5.74, 6) is 1.32. The van der Waals surface area contributed by atoms with Crippen molar-refractivity contribution in [1.29, 1.82) is 0 Å². The van der Waals surface area contributed by atoms with E-state index in [1.165, 1.54) is 0 Å². The van der Waals surface area contributed by atoms with Crippen LogP contribution in [0.2, 0.25) is 0 Å². The molecule has 2 fully saturated rings. The predicted molar refractivity (Wildman–Crippen MR) is 89.2 cm³/mol. The first-order valence-electron chi connectivity index (χ1n) is 7.04. The molecule has 21 heavy (non-hydrogen) atoms. The molecule has 0 aromatic heterocycles. The molecule has 3 nitrogen and oxygen atoms in total. The summed E-state index contributed by atoms with van der Waals surface area (Å²) < 4.78 is 19.5. The first-order chi connectivity index (χ1) is 10.1. The van der Waals surface area contributed by atoms with Crippen LogP contribution in [-0.4, -0.2) is 31.5 Å². The number of rotatable bonds is 3. The van der Waals surface area contributed by atoms with E-state index in [1.54, 1.807) is 0 Å². The lowest BCUT2D eigenvalue weighted by atomic mass is 9.91. The molecule has 0 amide bonds. The van der Waals surface area contributed by atoms with Crippen LogP contribution >= 0.6 is 43.5 Å². The largest absolute Gasteiger partial charge is 0.488 e. The van der Waals surface area contributed by atoms with Crippen LogP contribution in [-0.2, 0) is 15.4 Å². The lowest BCUT2D eigenvalue weighted by Gasteiger charge is -2.37. The summed E-state index contributed by atoms with van der Waals surface area (Å²) in [5, 5.41) is 0. The maximum atomic E-state index is 6.23. The summed E-state index contributed by atoms with van der Waals surface area (Å²) in [5.41, 5.74) is 0.910. The molecule has 2 heterocycles. The Balaban J connectivity index is 1.74. The van der Waals surface area contributed by atoms with Crippen molar-refractivity contribution in [3.63, 3.8) is 0 Å². The predicted octanol–water partition coefficient (Wildman–Crippen LogP) is 4.67. The van der Waals surface area contributed by atoms with Crippen LogP contribution in [0.3, 0.4) is 0 Å². The number of halogens is 3. The molecule has 1 aromatic carbocycles. The van der Waals surface area contributed by atoms with Gasteiger partial charge in [0.2, 0.25) is 0 Å². The van der Waals surface area contributed by atoms with Crippen molar-refractivity contribution in [2.24, 2.45) is 0 Å². The second-order valence-electron chi connectivity index (χ2n) is 5.59. The Hall–Kier alpha value is 0.190. The molecule has 2 atom stereocenters. The quantitative estimate of drug-likeness (QED) is 0.640. The molecule has 6 heteroatoms. The van der Waals surface area contributed by atoms with Gasteiger partial charge in [0.1, 0.15) is 11.9 Å². The van der Waals surface area contributed by atoms with Crippen LogP contribution < -0.4 is 4.74 Å². The molecule has 116 valence electrons. The molecule has 0 saturated carbocycles. The monoisotopic (exact) mass is 438 g/mol. The van der Waals surface area contributed by atoms with Gasteiger partial charge in [0.25, 0.3) is 0 Å². The highest BCUT2D eigenvalue weighted by molar-refractivity contribution is 9.11. The third kappa shape index (κ3) is 3.58. The van der Waals surface area contributed by atoms with E-state index in [0.717, 1.165) is 52.7 Å². The average Bonchev–Trinajstić information content (AvgIpc) is 2.90. The zero-order valence-corrected chi connectivity index (χ0v) is 15.5. The van der Waals surface area contributed by atoms with Crippen LogP contribution in [0.4, 0.5) is 0 Å². The molecule has 0 N–H and O–H groups in total. The summed E-state index contributed by atoms with van der Waals surface area (Å²) in [4.78, 5) is 0. The Kier molecular flexibility index (Phi) is 5.16. The highest BCUT2D eigenvalue weighted by Gasteiger charge is 2.42. The molecule has 1 spiro atoms. The van der Waals surface area contributed by atoms with Gasteiger partial charge in [-0.25, -0.2) is 0 Å². The Morgan fingerprint density at radius 3 is 2.67 bits per heavy atom. The van der Waals surface area contributed by atoms with Gasteiger partial charge < -0.3 is 14.2 Å². The summed E-state index contributed by atoms with van der Waals surface area (Å²) in [7, 11) is 0. The van der Waals surface area contributed by atoms with Gasteiger partial charge in [-0.1, -0.05) is 0 Å². The van der Waals surface area contributed by atoms with E-state index < -0.39 is 0 Å². The maximum Gasteiger partial charge on any atom is 0.148 e. The average molecular weight is 441 g/mol. The summed E-state index contributed by atoms with van der Waals surface area (Å²) in [6.45, 7) is 2.19.